The van der Waals surface area contributed by atoms with Crippen molar-refractivity contribution in [1.82, 2.24) is 9.88 Å². The Morgan fingerprint density at radius 1 is 1.29 bits per heavy atom. The molecule has 0 saturated carbocycles. The molecule has 5 heteroatoms. The van der Waals surface area contributed by atoms with Gasteiger partial charge >= 0.3 is 0 Å². The number of hydrogen-bond acceptors (Lipinski definition) is 3. The topological polar surface area (TPSA) is 77.1 Å². The Kier molecular flexibility index (Phi) is 4.55. The highest BCUT2D eigenvalue weighted by molar-refractivity contribution is 5.94. The average molecular weight is 285 g/mol. The van der Waals surface area contributed by atoms with Gasteiger partial charge < -0.3 is 15.6 Å². The Morgan fingerprint density at radius 2 is 1.95 bits per heavy atom. The quantitative estimate of drug-likeness (QED) is 0.890. The van der Waals surface area contributed by atoms with Gasteiger partial charge in [0.1, 0.15) is 0 Å². The lowest BCUT2D eigenvalue weighted by Gasteiger charge is -2.15. The average Bonchev–Trinajstić information content (AvgIpc) is 2.50. The van der Waals surface area contributed by atoms with E-state index < -0.39 is 0 Å². The molecule has 21 heavy (non-hydrogen) atoms. The van der Waals surface area contributed by atoms with Gasteiger partial charge in [-0.25, -0.2) is 0 Å². The number of hydrogen-bond donors (Lipinski definition) is 2. The molecule has 5 nitrogen and oxygen atoms in total. The number of carbonyl (C=O) groups is 1. The summed E-state index contributed by atoms with van der Waals surface area (Å²) in [5, 5.41) is 2.88. The SMILES string of the molecule is CC(NC(=O)c1ccn(C)c(=O)c1)c1ccc(CN)cc1. The molecule has 0 bridgehead atoms. The highest BCUT2D eigenvalue weighted by Gasteiger charge is 2.12. The van der Waals surface area contributed by atoms with Crippen LogP contribution in [0.3, 0.4) is 0 Å². The van der Waals surface area contributed by atoms with Crippen molar-refractivity contribution in [3.8, 4) is 0 Å². The van der Waals surface area contributed by atoms with Crippen LogP contribution in [-0.2, 0) is 13.6 Å². The number of nitrogens with two attached hydrogens (primary N) is 1. The molecule has 1 atom stereocenters. The fourth-order valence-electron chi connectivity index (χ4n) is 2.00. The van der Waals surface area contributed by atoms with E-state index >= 15 is 0 Å². The third kappa shape index (κ3) is 3.58. The summed E-state index contributed by atoms with van der Waals surface area (Å²) in [5.74, 6) is -0.261. The fourth-order valence-corrected chi connectivity index (χ4v) is 2.00. The fraction of sp³-hybridized carbons (Fsp3) is 0.250. The molecule has 110 valence electrons. The summed E-state index contributed by atoms with van der Waals surface area (Å²) >= 11 is 0. The molecule has 1 amide bonds. The van der Waals surface area contributed by atoms with E-state index in [1.807, 2.05) is 31.2 Å². The van der Waals surface area contributed by atoms with Crippen molar-refractivity contribution in [2.24, 2.45) is 12.8 Å². The minimum atomic E-state index is -0.261. The second-order valence-electron chi connectivity index (χ2n) is 5.01. The summed E-state index contributed by atoms with van der Waals surface area (Å²) in [6.07, 6.45) is 1.58. The van der Waals surface area contributed by atoms with Gasteiger partial charge in [0.15, 0.2) is 0 Å². The Hall–Kier alpha value is -2.40. The summed E-state index contributed by atoms with van der Waals surface area (Å²) in [5.41, 5.74) is 7.75. The van der Waals surface area contributed by atoms with E-state index in [1.165, 1.54) is 10.6 Å². The van der Waals surface area contributed by atoms with Crippen LogP contribution in [0.5, 0.6) is 0 Å². The van der Waals surface area contributed by atoms with Crippen LogP contribution >= 0.6 is 0 Å². The minimum absolute atomic E-state index is 0.145. The molecule has 0 aliphatic rings. The summed E-state index contributed by atoms with van der Waals surface area (Å²) in [6, 6.07) is 10.6. The molecule has 0 saturated heterocycles. The summed E-state index contributed by atoms with van der Waals surface area (Å²) in [6.45, 7) is 2.39. The predicted octanol–water partition coefficient (Wildman–Crippen LogP) is 1.33. The number of aromatic nitrogens is 1. The van der Waals surface area contributed by atoms with Crippen LogP contribution in [-0.4, -0.2) is 10.5 Å². The number of nitrogens with zero attached hydrogens (tertiary/aromatic N) is 1. The number of carbonyl (C=O) groups excluding carboxylic acids is 1. The highest BCUT2D eigenvalue weighted by atomic mass is 16.2. The van der Waals surface area contributed by atoms with Crippen LogP contribution in [0, 0.1) is 0 Å². The van der Waals surface area contributed by atoms with E-state index in [4.69, 9.17) is 5.73 Å². The predicted molar refractivity (Wildman–Crippen MR) is 81.9 cm³/mol. The van der Waals surface area contributed by atoms with Gasteiger partial charge in [-0.1, -0.05) is 24.3 Å². The van der Waals surface area contributed by atoms with Crippen molar-refractivity contribution in [1.29, 1.82) is 0 Å². The van der Waals surface area contributed by atoms with Gasteiger partial charge in [-0.3, -0.25) is 9.59 Å². The molecule has 1 aromatic heterocycles. The van der Waals surface area contributed by atoms with Crippen molar-refractivity contribution in [3.63, 3.8) is 0 Å². The Bertz CT molecular complexity index is 689. The second-order valence-corrected chi connectivity index (χ2v) is 5.01. The van der Waals surface area contributed by atoms with Gasteiger partial charge in [-0.05, 0) is 24.1 Å². The standard InChI is InChI=1S/C16H19N3O2/c1-11(13-5-3-12(10-17)4-6-13)18-16(21)14-7-8-19(2)15(20)9-14/h3-9,11H,10,17H2,1-2H3,(H,18,21). The number of nitrogens with one attached hydrogen (secondary N) is 1. The van der Waals surface area contributed by atoms with Crippen LogP contribution < -0.4 is 16.6 Å². The summed E-state index contributed by atoms with van der Waals surface area (Å²) < 4.78 is 1.42. The molecule has 0 spiro atoms. The first-order valence-corrected chi connectivity index (χ1v) is 6.77. The van der Waals surface area contributed by atoms with E-state index in [0.29, 0.717) is 12.1 Å². The molecule has 1 heterocycles. The molecule has 2 rings (SSSR count). The van der Waals surface area contributed by atoms with Crippen LogP contribution in [0.25, 0.3) is 0 Å². The minimum Gasteiger partial charge on any atom is -0.346 e. The van der Waals surface area contributed by atoms with Gasteiger partial charge in [0.2, 0.25) is 0 Å². The number of benzene rings is 1. The van der Waals surface area contributed by atoms with Crippen molar-refractivity contribution in [2.45, 2.75) is 19.5 Å². The molecule has 0 radical (unpaired) electrons. The molecule has 1 aromatic carbocycles. The third-order valence-corrected chi connectivity index (χ3v) is 3.43. The van der Waals surface area contributed by atoms with Gasteiger partial charge in [0.05, 0.1) is 6.04 Å². The molecule has 2 aromatic rings. The monoisotopic (exact) mass is 285 g/mol. The zero-order valence-electron chi connectivity index (χ0n) is 12.2. The zero-order chi connectivity index (χ0) is 15.4. The van der Waals surface area contributed by atoms with Gasteiger partial charge in [0.25, 0.3) is 11.5 Å². The number of aryl methyl sites for hydroxylation is 1. The lowest BCUT2D eigenvalue weighted by molar-refractivity contribution is 0.0939. The molecule has 3 N–H and O–H groups in total. The van der Waals surface area contributed by atoms with Crippen LogP contribution in [0.2, 0.25) is 0 Å². The summed E-state index contributed by atoms with van der Waals surface area (Å²) in [7, 11) is 1.64. The normalized spacial score (nSPS) is 12.0. The second kappa shape index (κ2) is 6.37. The van der Waals surface area contributed by atoms with E-state index in [0.717, 1.165) is 11.1 Å². The Labute approximate surface area is 123 Å². The van der Waals surface area contributed by atoms with Crippen molar-refractivity contribution >= 4 is 5.91 Å². The van der Waals surface area contributed by atoms with Crippen LogP contribution in [0.15, 0.2) is 47.4 Å². The zero-order valence-corrected chi connectivity index (χ0v) is 12.2. The number of amides is 1. The Morgan fingerprint density at radius 3 is 2.52 bits per heavy atom. The molecule has 0 aliphatic carbocycles. The third-order valence-electron chi connectivity index (χ3n) is 3.43. The van der Waals surface area contributed by atoms with Crippen LogP contribution in [0.1, 0.15) is 34.5 Å². The number of rotatable bonds is 4. The largest absolute Gasteiger partial charge is 0.346 e. The van der Waals surface area contributed by atoms with E-state index in [2.05, 4.69) is 5.32 Å². The lowest BCUT2D eigenvalue weighted by atomic mass is 10.1. The van der Waals surface area contributed by atoms with E-state index in [9.17, 15) is 9.59 Å². The Balaban J connectivity index is 2.10. The van der Waals surface area contributed by atoms with Crippen molar-refractivity contribution in [2.75, 3.05) is 0 Å². The summed E-state index contributed by atoms with van der Waals surface area (Å²) in [4.78, 5) is 23.7. The molecule has 1 unspecified atom stereocenters. The first-order chi connectivity index (χ1) is 10.0. The van der Waals surface area contributed by atoms with Gasteiger partial charge in [0, 0.05) is 31.4 Å². The molecule has 0 aliphatic heterocycles. The lowest BCUT2D eigenvalue weighted by Crippen LogP contribution is -2.28. The molecule has 0 fully saturated rings. The first kappa shape index (κ1) is 15.0. The molecular formula is C16H19N3O2. The highest BCUT2D eigenvalue weighted by Crippen LogP contribution is 2.14. The maximum atomic E-state index is 12.1. The van der Waals surface area contributed by atoms with Crippen molar-refractivity contribution in [3.05, 3.63) is 69.6 Å². The number of pyridine rings is 1. The van der Waals surface area contributed by atoms with Gasteiger partial charge in [-0.2, -0.15) is 0 Å². The maximum absolute atomic E-state index is 12.1. The maximum Gasteiger partial charge on any atom is 0.252 e. The van der Waals surface area contributed by atoms with Crippen LogP contribution in [0.4, 0.5) is 0 Å². The smallest absolute Gasteiger partial charge is 0.252 e. The van der Waals surface area contributed by atoms with E-state index in [-0.39, 0.29) is 17.5 Å². The first-order valence-electron chi connectivity index (χ1n) is 6.77. The van der Waals surface area contributed by atoms with Gasteiger partial charge in [-0.15, -0.1) is 0 Å². The van der Waals surface area contributed by atoms with E-state index in [1.54, 1.807) is 19.3 Å². The van der Waals surface area contributed by atoms with Crippen molar-refractivity contribution < 1.29 is 4.79 Å². The molecular weight excluding hydrogens is 266 g/mol.